The molecule has 0 bridgehead atoms. The molecule has 2 amide bonds. The van der Waals surface area contributed by atoms with Crippen LogP contribution in [-0.2, 0) is 10.0 Å². The lowest BCUT2D eigenvalue weighted by Gasteiger charge is -2.24. The summed E-state index contributed by atoms with van der Waals surface area (Å²) in [7, 11) is -0.659. The fraction of sp³-hybridized carbons (Fsp3) is 0.278. The third-order valence-electron chi connectivity index (χ3n) is 3.69. The van der Waals surface area contributed by atoms with Crippen molar-refractivity contribution in [3.8, 4) is 11.5 Å². The van der Waals surface area contributed by atoms with E-state index < -0.39 is 16.1 Å². The maximum absolute atomic E-state index is 12.3. The lowest BCUT2D eigenvalue weighted by Crippen LogP contribution is -2.39. The minimum atomic E-state index is -3.61. The summed E-state index contributed by atoms with van der Waals surface area (Å²) < 4.78 is 36.1. The Bertz CT molecular complexity index is 872. The Morgan fingerprint density at radius 1 is 1.07 bits per heavy atom. The van der Waals surface area contributed by atoms with Crippen LogP contribution in [0.2, 0.25) is 0 Å². The summed E-state index contributed by atoms with van der Waals surface area (Å²) in [5.74, 6) is 0.879. The first-order valence-corrected chi connectivity index (χ1v) is 9.99. The SMILES string of the molecule is COc1ccc(OC)c(N(CCNC(=O)Nc2ccccc2)S(C)(=O)=O)c1. The van der Waals surface area contributed by atoms with Crippen LogP contribution in [0.3, 0.4) is 0 Å². The van der Waals surface area contributed by atoms with Crippen molar-refractivity contribution in [1.29, 1.82) is 0 Å². The van der Waals surface area contributed by atoms with Crippen molar-refractivity contribution in [2.75, 3.05) is 43.2 Å². The van der Waals surface area contributed by atoms with Gasteiger partial charge in [-0.05, 0) is 24.3 Å². The van der Waals surface area contributed by atoms with Gasteiger partial charge in [0, 0.05) is 18.3 Å². The topological polar surface area (TPSA) is 97.0 Å². The van der Waals surface area contributed by atoms with Crippen molar-refractivity contribution in [2.45, 2.75) is 0 Å². The Labute approximate surface area is 159 Å². The first kappa shape index (κ1) is 20.4. The maximum atomic E-state index is 12.3. The van der Waals surface area contributed by atoms with Gasteiger partial charge in [-0.25, -0.2) is 13.2 Å². The molecule has 27 heavy (non-hydrogen) atoms. The Morgan fingerprint density at radius 2 is 1.78 bits per heavy atom. The molecule has 2 rings (SSSR count). The standard InChI is InChI=1S/C18H23N3O5S/c1-25-15-9-10-17(26-2)16(13-15)21(27(3,23)24)12-11-19-18(22)20-14-7-5-4-6-8-14/h4-10,13H,11-12H2,1-3H3,(H2,19,20,22). The molecule has 2 aromatic rings. The second kappa shape index (κ2) is 9.13. The highest BCUT2D eigenvalue weighted by Crippen LogP contribution is 2.33. The summed E-state index contributed by atoms with van der Waals surface area (Å²) >= 11 is 0. The van der Waals surface area contributed by atoms with Gasteiger partial charge in [-0.15, -0.1) is 0 Å². The van der Waals surface area contributed by atoms with Gasteiger partial charge >= 0.3 is 6.03 Å². The molecular weight excluding hydrogens is 370 g/mol. The molecule has 146 valence electrons. The molecule has 0 atom stereocenters. The van der Waals surface area contributed by atoms with Crippen molar-refractivity contribution in [3.63, 3.8) is 0 Å². The van der Waals surface area contributed by atoms with E-state index in [1.54, 1.807) is 42.5 Å². The van der Waals surface area contributed by atoms with E-state index >= 15 is 0 Å². The highest BCUT2D eigenvalue weighted by Gasteiger charge is 2.22. The monoisotopic (exact) mass is 393 g/mol. The molecule has 0 aromatic heterocycles. The summed E-state index contributed by atoms with van der Waals surface area (Å²) in [5, 5.41) is 5.31. The van der Waals surface area contributed by atoms with Gasteiger partial charge in [-0.2, -0.15) is 0 Å². The average molecular weight is 393 g/mol. The van der Waals surface area contributed by atoms with Gasteiger partial charge in [0.05, 0.1) is 32.7 Å². The number of carbonyl (C=O) groups excluding carboxylic acids is 1. The third kappa shape index (κ3) is 5.78. The number of rotatable bonds is 8. The lowest BCUT2D eigenvalue weighted by molar-refractivity contribution is 0.252. The molecule has 0 fully saturated rings. The summed E-state index contributed by atoms with van der Waals surface area (Å²) in [6.45, 7) is 0.136. The molecule has 8 nitrogen and oxygen atoms in total. The zero-order valence-corrected chi connectivity index (χ0v) is 16.2. The van der Waals surface area contributed by atoms with Crippen LogP contribution in [0, 0.1) is 0 Å². The first-order valence-electron chi connectivity index (χ1n) is 8.15. The second-order valence-electron chi connectivity index (χ2n) is 5.62. The number of urea groups is 1. The fourth-order valence-electron chi connectivity index (χ4n) is 2.42. The minimum absolute atomic E-state index is 0.0323. The summed E-state index contributed by atoms with van der Waals surface area (Å²) in [6, 6.07) is 13.4. The van der Waals surface area contributed by atoms with Crippen molar-refractivity contribution in [1.82, 2.24) is 5.32 Å². The number of hydrogen-bond donors (Lipinski definition) is 2. The molecule has 0 heterocycles. The number of amides is 2. The smallest absolute Gasteiger partial charge is 0.319 e. The van der Waals surface area contributed by atoms with Crippen molar-refractivity contribution < 1.29 is 22.7 Å². The quantitative estimate of drug-likeness (QED) is 0.717. The number of hydrogen-bond acceptors (Lipinski definition) is 5. The summed E-state index contributed by atoms with van der Waals surface area (Å²) in [6.07, 6.45) is 1.09. The number of methoxy groups -OCH3 is 2. The van der Waals surface area contributed by atoms with Crippen LogP contribution in [0.4, 0.5) is 16.2 Å². The molecule has 0 aliphatic heterocycles. The Balaban J connectivity index is 2.09. The van der Waals surface area contributed by atoms with Gasteiger partial charge < -0.3 is 20.1 Å². The van der Waals surface area contributed by atoms with Gasteiger partial charge in [0.2, 0.25) is 10.0 Å². The number of nitrogens with zero attached hydrogens (tertiary/aromatic N) is 1. The Hall–Kier alpha value is -2.94. The number of sulfonamides is 1. The minimum Gasteiger partial charge on any atom is -0.497 e. The van der Waals surface area contributed by atoms with E-state index in [1.165, 1.54) is 14.2 Å². The van der Waals surface area contributed by atoms with E-state index in [4.69, 9.17) is 9.47 Å². The molecule has 2 N–H and O–H groups in total. The highest BCUT2D eigenvalue weighted by atomic mass is 32.2. The van der Waals surface area contributed by atoms with Crippen LogP contribution < -0.4 is 24.4 Å². The van der Waals surface area contributed by atoms with Gasteiger partial charge in [-0.1, -0.05) is 18.2 Å². The van der Waals surface area contributed by atoms with Crippen LogP contribution in [0.15, 0.2) is 48.5 Å². The van der Waals surface area contributed by atoms with Crippen LogP contribution >= 0.6 is 0 Å². The number of benzene rings is 2. The van der Waals surface area contributed by atoms with Crippen LogP contribution in [0.25, 0.3) is 0 Å². The third-order valence-corrected chi connectivity index (χ3v) is 4.87. The number of anilines is 2. The zero-order valence-electron chi connectivity index (χ0n) is 15.4. The molecule has 0 unspecified atom stereocenters. The number of carbonyl (C=O) groups is 1. The predicted octanol–water partition coefficient (Wildman–Crippen LogP) is 2.29. The van der Waals surface area contributed by atoms with Crippen LogP contribution in [0.5, 0.6) is 11.5 Å². The molecule has 0 saturated heterocycles. The predicted molar refractivity (Wildman–Crippen MR) is 105 cm³/mol. The second-order valence-corrected chi connectivity index (χ2v) is 7.53. The molecule has 0 spiro atoms. The normalized spacial score (nSPS) is 10.8. The van der Waals surface area contributed by atoms with Gasteiger partial charge in [0.1, 0.15) is 11.5 Å². The molecular formula is C18H23N3O5S. The van der Waals surface area contributed by atoms with Crippen molar-refractivity contribution in [3.05, 3.63) is 48.5 Å². The molecule has 0 saturated carbocycles. The summed E-state index contributed by atoms with van der Waals surface area (Å²) in [4.78, 5) is 12.0. The van der Waals surface area contributed by atoms with E-state index in [9.17, 15) is 13.2 Å². The molecule has 9 heteroatoms. The molecule has 2 aromatic carbocycles. The zero-order chi connectivity index (χ0) is 19.9. The summed E-state index contributed by atoms with van der Waals surface area (Å²) in [5.41, 5.74) is 0.981. The van der Waals surface area contributed by atoms with E-state index in [-0.39, 0.29) is 13.1 Å². The van der Waals surface area contributed by atoms with Gasteiger partial charge in [0.25, 0.3) is 0 Å². The maximum Gasteiger partial charge on any atom is 0.319 e. The fourth-order valence-corrected chi connectivity index (χ4v) is 3.35. The molecule has 0 aliphatic carbocycles. The number of nitrogens with one attached hydrogen (secondary N) is 2. The first-order chi connectivity index (χ1) is 12.8. The van der Waals surface area contributed by atoms with Crippen molar-refractivity contribution in [2.24, 2.45) is 0 Å². The van der Waals surface area contributed by atoms with Gasteiger partial charge in [0.15, 0.2) is 0 Å². The van der Waals surface area contributed by atoms with Crippen LogP contribution in [0.1, 0.15) is 0 Å². The number of para-hydroxylation sites is 1. The van der Waals surface area contributed by atoms with E-state index in [2.05, 4.69) is 10.6 Å². The van der Waals surface area contributed by atoms with Crippen molar-refractivity contribution >= 4 is 27.4 Å². The Kier molecular flexibility index (Phi) is 6.89. The van der Waals surface area contributed by atoms with Crippen LogP contribution in [-0.4, -0.2) is 48.0 Å². The highest BCUT2D eigenvalue weighted by molar-refractivity contribution is 7.92. The lowest BCUT2D eigenvalue weighted by atomic mass is 10.2. The van der Waals surface area contributed by atoms with E-state index in [1.807, 2.05) is 6.07 Å². The number of ether oxygens (including phenoxy) is 2. The molecule has 0 radical (unpaired) electrons. The Morgan fingerprint density at radius 3 is 2.37 bits per heavy atom. The largest absolute Gasteiger partial charge is 0.497 e. The average Bonchev–Trinajstić information content (AvgIpc) is 2.64. The van der Waals surface area contributed by atoms with E-state index in [0.717, 1.165) is 10.6 Å². The molecule has 0 aliphatic rings. The van der Waals surface area contributed by atoms with E-state index in [0.29, 0.717) is 22.9 Å². The van der Waals surface area contributed by atoms with Gasteiger partial charge in [-0.3, -0.25) is 4.31 Å².